The van der Waals surface area contributed by atoms with Crippen LogP contribution >= 0.6 is 34.8 Å². The van der Waals surface area contributed by atoms with Crippen molar-refractivity contribution >= 4 is 50.5 Å². The third-order valence-corrected chi connectivity index (χ3v) is 3.57. The van der Waals surface area contributed by atoms with Gasteiger partial charge in [0.05, 0.1) is 0 Å². The van der Waals surface area contributed by atoms with Crippen molar-refractivity contribution in [2.75, 3.05) is 0 Å². The van der Waals surface area contributed by atoms with Crippen LogP contribution in [-0.4, -0.2) is 15.7 Å². The van der Waals surface area contributed by atoms with Crippen molar-refractivity contribution in [2.24, 2.45) is 0 Å². The molecule has 118 valence electrons. The highest BCUT2D eigenvalue weighted by atomic mass is 35.5. The van der Waals surface area contributed by atoms with E-state index in [0.717, 1.165) is 0 Å². The number of ether oxygens (including phenoxy) is 1. The van der Waals surface area contributed by atoms with Gasteiger partial charge in [0.1, 0.15) is 12.4 Å². The summed E-state index contributed by atoms with van der Waals surface area (Å²) in [6, 6.07) is 10.7. The van der Waals surface area contributed by atoms with Crippen LogP contribution in [0.5, 0.6) is 5.75 Å². The van der Waals surface area contributed by atoms with Crippen molar-refractivity contribution < 1.29 is 19.1 Å². The van der Waals surface area contributed by atoms with E-state index in [9.17, 15) is 14.4 Å². The van der Waals surface area contributed by atoms with Gasteiger partial charge in [-0.15, -0.1) is 0 Å². The van der Waals surface area contributed by atoms with Crippen molar-refractivity contribution in [3.8, 4) is 5.75 Å². The largest absolute Gasteiger partial charge is 0.489 e. The molecule has 0 N–H and O–H groups in total. The van der Waals surface area contributed by atoms with Gasteiger partial charge in [0.15, 0.2) is 0 Å². The van der Waals surface area contributed by atoms with Crippen LogP contribution in [0.1, 0.15) is 36.6 Å². The Balaban J connectivity index is 2.23. The summed E-state index contributed by atoms with van der Waals surface area (Å²) in [5, 5.41) is -2.04. The molecule has 0 aromatic heterocycles. The van der Waals surface area contributed by atoms with Gasteiger partial charge in [-0.25, -0.2) is 0 Å². The van der Waals surface area contributed by atoms with Crippen molar-refractivity contribution in [1.29, 1.82) is 0 Å². The Morgan fingerprint density at radius 1 is 0.783 bits per heavy atom. The van der Waals surface area contributed by atoms with Gasteiger partial charge in [-0.05, 0) is 64.6 Å². The number of rotatable bonds is 6. The van der Waals surface area contributed by atoms with Crippen molar-refractivity contribution in [1.82, 2.24) is 0 Å². The molecular weight excluding hydrogens is 363 g/mol. The maximum atomic E-state index is 11.3. The summed E-state index contributed by atoms with van der Waals surface area (Å²) in [6.07, 6.45) is 0. The summed E-state index contributed by atoms with van der Waals surface area (Å²) in [5.41, 5.74) is 1.22. The number of hydrogen-bond acceptors (Lipinski definition) is 4. The van der Waals surface area contributed by atoms with E-state index in [2.05, 4.69) is 0 Å². The monoisotopic (exact) mass is 370 g/mol. The highest BCUT2D eigenvalue weighted by Gasteiger charge is 2.11. The van der Waals surface area contributed by atoms with Crippen molar-refractivity contribution in [2.45, 2.75) is 6.61 Å². The summed E-state index contributed by atoms with van der Waals surface area (Å²) >= 11 is 16.3. The lowest BCUT2D eigenvalue weighted by Crippen LogP contribution is -2.01. The fourth-order valence-corrected chi connectivity index (χ4v) is 2.20. The van der Waals surface area contributed by atoms with Gasteiger partial charge in [-0.3, -0.25) is 14.4 Å². The maximum Gasteiger partial charge on any atom is 0.252 e. The van der Waals surface area contributed by atoms with E-state index in [4.69, 9.17) is 39.5 Å². The molecule has 0 bridgehead atoms. The number of hydrogen-bond donors (Lipinski definition) is 0. The van der Waals surface area contributed by atoms with Gasteiger partial charge in [-0.1, -0.05) is 18.2 Å². The molecule has 0 saturated carbocycles. The lowest BCUT2D eigenvalue weighted by atomic mass is 10.1. The van der Waals surface area contributed by atoms with E-state index < -0.39 is 15.7 Å². The van der Waals surface area contributed by atoms with Crippen LogP contribution in [-0.2, 0) is 6.61 Å². The van der Waals surface area contributed by atoms with Gasteiger partial charge >= 0.3 is 0 Å². The van der Waals surface area contributed by atoms with E-state index in [0.29, 0.717) is 11.1 Å². The van der Waals surface area contributed by atoms with Gasteiger partial charge in [0.25, 0.3) is 15.7 Å². The van der Waals surface area contributed by atoms with E-state index >= 15 is 0 Å². The minimum absolute atomic E-state index is 0.0952. The minimum Gasteiger partial charge on any atom is -0.489 e. The first-order valence-electron chi connectivity index (χ1n) is 6.33. The molecule has 2 rings (SSSR count). The molecule has 0 heterocycles. The fraction of sp³-hybridized carbons (Fsp3) is 0.0625. The molecule has 0 atom stereocenters. The SMILES string of the molecule is O=C(Cl)c1cccc(COc2cc(C(=O)Cl)cc(C(=O)Cl)c2)c1. The molecule has 0 aliphatic rings. The quantitative estimate of drug-likeness (QED) is 0.706. The van der Waals surface area contributed by atoms with Crippen LogP contribution < -0.4 is 4.74 Å². The first kappa shape index (κ1) is 17.5. The molecule has 0 aliphatic heterocycles. The zero-order valence-corrected chi connectivity index (χ0v) is 13.8. The van der Waals surface area contributed by atoms with Crippen molar-refractivity contribution in [3.05, 3.63) is 64.7 Å². The molecule has 0 unspecified atom stereocenters. The first-order valence-corrected chi connectivity index (χ1v) is 7.46. The van der Waals surface area contributed by atoms with Gasteiger partial charge in [0.2, 0.25) is 0 Å². The average molecular weight is 372 g/mol. The maximum absolute atomic E-state index is 11.3. The molecular formula is C16H9Cl3O4. The van der Waals surface area contributed by atoms with E-state index in [-0.39, 0.29) is 23.5 Å². The standard InChI is InChI=1S/C16H9Cl3O4/c17-14(20)10-3-1-2-9(4-10)8-23-13-6-11(15(18)21)5-12(7-13)16(19)22/h1-7H,8H2. The van der Waals surface area contributed by atoms with Crippen LogP contribution in [0.2, 0.25) is 0 Å². The number of carbonyl (C=O) groups is 3. The smallest absolute Gasteiger partial charge is 0.252 e. The van der Waals surface area contributed by atoms with Crippen LogP contribution in [0.15, 0.2) is 42.5 Å². The van der Waals surface area contributed by atoms with Gasteiger partial charge in [-0.2, -0.15) is 0 Å². The lowest BCUT2D eigenvalue weighted by Gasteiger charge is -2.09. The second-order valence-electron chi connectivity index (χ2n) is 4.56. The number of carbonyl (C=O) groups excluding carboxylic acids is 3. The predicted molar refractivity (Wildman–Crippen MR) is 87.8 cm³/mol. The van der Waals surface area contributed by atoms with E-state index in [1.165, 1.54) is 18.2 Å². The van der Waals surface area contributed by atoms with Crippen LogP contribution in [0.3, 0.4) is 0 Å². The molecule has 23 heavy (non-hydrogen) atoms. The Bertz CT molecular complexity index is 754. The third kappa shape index (κ3) is 4.79. The molecule has 0 radical (unpaired) electrons. The number of halogens is 3. The van der Waals surface area contributed by atoms with E-state index in [1.807, 2.05) is 0 Å². The normalized spacial score (nSPS) is 10.2. The van der Waals surface area contributed by atoms with Crippen LogP contribution in [0.25, 0.3) is 0 Å². The zero-order valence-electron chi connectivity index (χ0n) is 11.5. The topological polar surface area (TPSA) is 60.4 Å². The summed E-state index contributed by atoms with van der Waals surface area (Å²) in [4.78, 5) is 33.7. The van der Waals surface area contributed by atoms with Gasteiger partial charge in [0, 0.05) is 16.7 Å². The second-order valence-corrected chi connectivity index (χ2v) is 5.59. The Kier molecular flexibility index (Phi) is 5.77. The summed E-state index contributed by atoms with van der Waals surface area (Å²) < 4.78 is 5.53. The summed E-state index contributed by atoms with van der Waals surface area (Å²) in [6.45, 7) is 0.105. The summed E-state index contributed by atoms with van der Waals surface area (Å²) in [5.74, 6) is 0.253. The fourth-order valence-electron chi connectivity index (χ4n) is 1.86. The average Bonchev–Trinajstić information content (AvgIpc) is 2.52. The Morgan fingerprint density at radius 2 is 1.35 bits per heavy atom. The molecule has 4 nitrogen and oxygen atoms in total. The molecule has 0 saturated heterocycles. The lowest BCUT2D eigenvalue weighted by molar-refractivity contribution is 0.107. The minimum atomic E-state index is -0.732. The van der Waals surface area contributed by atoms with Gasteiger partial charge < -0.3 is 4.74 Å². The predicted octanol–water partition coefficient (Wildman–Crippen LogP) is 4.40. The molecule has 0 spiro atoms. The molecule has 0 fully saturated rings. The number of benzene rings is 2. The zero-order chi connectivity index (χ0) is 17.0. The molecule has 2 aromatic carbocycles. The second kappa shape index (κ2) is 7.59. The van der Waals surface area contributed by atoms with Crippen molar-refractivity contribution in [3.63, 3.8) is 0 Å². The van der Waals surface area contributed by atoms with E-state index in [1.54, 1.807) is 24.3 Å². The molecule has 0 aliphatic carbocycles. The third-order valence-electron chi connectivity index (χ3n) is 2.92. The van der Waals surface area contributed by atoms with Crippen LogP contribution in [0, 0.1) is 0 Å². The Hall–Kier alpha value is -1.88. The molecule has 0 amide bonds. The van der Waals surface area contributed by atoms with Crippen LogP contribution in [0.4, 0.5) is 0 Å². The highest BCUT2D eigenvalue weighted by Crippen LogP contribution is 2.21. The first-order chi connectivity index (χ1) is 10.9. The Labute approximate surface area is 146 Å². The molecule has 7 heteroatoms. The summed E-state index contributed by atoms with van der Waals surface area (Å²) in [7, 11) is 0. The molecule has 2 aromatic rings. The Morgan fingerprint density at radius 3 is 1.87 bits per heavy atom. The highest BCUT2D eigenvalue weighted by molar-refractivity contribution is 6.69.